The maximum absolute atomic E-state index is 12.0. The lowest BCUT2D eigenvalue weighted by Crippen LogP contribution is -2.27. The second-order valence-electron chi connectivity index (χ2n) is 5.10. The number of hydrogen-bond acceptors (Lipinski definition) is 4. The zero-order chi connectivity index (χ0) is 16.5. The summed E-state index contributed by atoms with van der Waals surface area (Å²) >= 11 is 1.68. The van der Waals surface area contributed by atoms with Gasteiger partial charge >= 0.3 is 5.97 Å². The summed E-state index contributed by atoms with van der Waals surface area (Å²) in [4.78, 5) is 16.5. The highest BCUT2D eigenvalue weighted by Gasteiger charge is 2.08. The van der Waals surface area contributed by atoms with E-state index >= 15 is 0 Å². The third kappa shape index (κ3) is 6.56. The molecule has 130 valence electrons. The van der Waals surface area contributed by atoms with Crippen molar-refractivity contribution in [3.05, 3.63) is 60.2 Å². The summed E-state index contributed by atoms with van der Waals surface area (Å²) in [7, 11) is 0. The molecule has 0 bridgehead atoms. The number of carbonyl (C=O) groups is 1. The molecular formula is C19H24ClNO2S. The molecule has 0 spiro atoms. The lowest BCUT2D eigenvalue weighted by molar-refractivity contribution is 0.0466. The highest BCUT2D eigenvalue weighted by molar-refractivity contribution is 7.99. The van der Waals surface area contributed by atoms with Crippen LogP contribution < -0.4 is 0 Å². The first kappa shape index (κ1) is 20.6. The van der Waals surface area contributed by atoms with Gasteiger partial charge in [0.25, 0.3) is 0 Å². The molecule has 0 amide bonds. The van der Waals surface area contributed by atoms with Crippen LogP contribution in [0.4, 0.5) is 0 Å². The van der Waals surface area contributed by atoms with E-state index < -0.39 is 0 Å². The molecule has 0 aliphatic carbocycles. The Morgan fingerprint density at radius 1 is 0.958 bits per heavy atom. The van der Waals surface area contributed by atoms with Gasteiger partial charge in [-0.3, -0.25) is 0 Å². The van der Waals surface area contributed by atoms with Crippen LogP contribution in [0.3, 0.4) is 0 Å². The maximum atomic E-state index is 12.0. The molecule has 0 N–H and O–H groups in total. The van der Waals surface area contributed by atoms with Crippen LogP contribution in [0.15, 0.2) is 64.4 Å². The van der Waals surface area contributed by atoms with Crippen LogP contribution in [0.5, 0.6) is 0 Å². The molecule has 0 aromatic heterocycles. The smallest absolute Gasteiger partial charge is 0.338 e. The second kappa shape index (κ2) is 11.1. The van der Waals surface area contributed by atoms with E-state index in [9.17, 15) is 4.79 Å². The summed E-state index contributed by atoms with van der Waals surface area (Å²) in [5, 5.41) is 0. The number of benzene rings is 2. The first-order chi connectivity index (χ1) is 11.2. The van der Waals surface area contributed by atoms with Gasteiger partial charge in [0.2, 0.25) is 0 Å². The minimum absolute atomic E-state index is 0. The molecule has 0 aliphatic heterocycles. The van der Waals surface area contributed by atoms with Gasteiger partial charge in [0, 0.05) is 16.3 Å². The third-order valence-corrected chi connectivity index (χ3v) is 4.62. The summed E-state index contributed by atoms with van der Waals surface area (Å²) in [5.41, 5.74) is 0.599. The standard InChI is InChI=1S/C19H23NO2S.ClH/c1-3-20(4-2)14-15-22-19(21)16-10-12-18(13-11-16)23-17-8-6-5-7-9-17;/h5-13H,3-4,14-15H2,1-2H3;1H. The average Bonchev–Trinajstić information content (AvgIpc) is 2.60. The van der Waals surface area contributed by atoms with E-state index in [0.717, 1.165) is 24.5 Å². The number of hydrogen-bond donors (Lipinski definition) is 0. The van der Waals surface area contributed by atoms with Crippen molar-refractivity contribution >= 4 is 30.1 Å². The van der Waals surface area contributed by atoms with Crippen LogP contribution in [0.2, 0.25) is 0 Å². The molecule has 5 heteroatoms. The van der Waals surface area contributed by atoms with Gasteiger partial charge in [0.15, 0.2) is 0 Å². The third-order valence-electron chi connectivity index (χ3n) is 3.60. The largest absolute Gasteiger partial charge is 0.461 e. The Morgan fingerprint density at radius 3 is 2.12 bits per heavy atom. The predicted molar refractivity (Wildman–Crippen MR) is 102 cm³/mol. The Kier molecular flexibility index (Phi) is 9.53. The van der Waals surface area contributed by atoms with Crippen molar-refractivity contribution < 1.29 is 9.53 Å². The summed E-state index contributed by atoms with van der Waals surface area (Å²) < 4.78 is 5.33. The fourth-order valence-corrected chi connectivity index (χ4v) is 3.01. The minimum atomic E-state index is -0.256. The van der Waals surface area contributed by atoms with E-state index in [1.165, 1.54) is 4.90 Å². The first-order valence-corrected chi connectivity index (χ1v) is 8.77. The number of halogens is 1. The van der Waals surface area contributed by atoms with E-state index in [-0.39, 0.29) is 18.4 Å². The molecule has 0 saturated carbocycles. The highest BCUT2D eigenvalue weighted by atomic mass is 35.5. The molecular weight excluding hydrogens is 342 g/mol. The normalized spacial score (nSPS) is 10.3. The van der Waals surface area contributed by atoms with Crippen LogP contribution in [0.1, 0.15) is 24.2 Å². The number of likely N-dealkylation sites (N-methyl/N-ethyl adjacent to an activating group) is 1. The Bertz CT molecular complexity index is 601. The van der Waals surface area contributed by atoms with Crippen LogP contribution in [0.25, 0.3) is 0 Å². The zero-order valence-electron chi connectivity index (χ0n) is 14.1. The van der Waals surface area contributed by atoms with Crippen LogP contribution in [-0.4, -0.2) is 37.1 Å². The molecule has 0 radical (unpaired) electrons. The Morgan fingerprint density at radius 2 is 1.54 bits per heavy atom. The summed E-state index contributed by atoms with van der Waals surface area (Å²) in [6.45, 7) is 7.36. The summed E-state index contributed by atoms with van der Waals surface area (Å²) in [6.07, 6.45) is 0. The molecule has 0 saturated heterocycles. The molecule has 0 unspecified atom stereocenters. The predicted octanol–water partition coefficient (Wildman–Crippen LogP) is 4.76. The Labute approximate surface area is 154 Å². The number of carbonyl (C=O) groups excluding carboxylic acids is 1. The van der Waals surface area contributed by atoms with Crippen molar-refractivity contribution in [3.63, 3.8) is 0 Å². The van der Waals surface area contributed by atoms with Crippen LogP contribution in [0, 0.1) is 0 Å². The Balaban J connectivity index is 0.00000288. The summed E-state index contributed by atoms with van der Waals surface area (Å²) in [5.74, 6) is -0.256. The lowest BCUT2D eigenvalue weighted by Gasteiger charge is -2.17. The van der Waals surface area contributed by atoms with E-state index in [0.29, 0.717) is 12.2 Å². The fraction of sp³-hybridized carbons (Fsp3) is 0.316. The molecule has 0 atom stereocenters. The van der Waals surface area contributed by atoms with Crippen molar-refractivity contribution in [2.24, 2.45) is 0 Å². The monoisotopic (exact) mass is 365 g/mol. The molecule has 2 rings (SSSR count). The van der Waals surface area contributed by atoms with Crippen molar-refractivity contribution in [2.75, 3.05) is 26.2 Å². The van der Waals surface area contributed by atoms with Gasteiger partial charge in [-0.05, 0) is 49.5 Å². The molecule has 2 aromatic rings. The molecule has 3 nitrogen and oxygen atoms in total. The molecule has 0 aliphatic rings. The highest BCUT2D eigenvalue weighted by Crippen LogP contribution is 2.27. The molecule has 24 heavy (non-hydrogen) atoms. The summed E-state index contributed by atoms with van der Waals surface area (Å²) in [6, 6.07) is 17.7. The first-order valence-electron chi connectivity index (χ1n) is 7.95. The minimum Gasteiger partial charge on any atom is -0.461 e. The van der Waals surface area contributed by atoms with E-state index in [4.69, 9.17) is 4.74 Å². The van der Waals surface area contributed by atoms with Gasteiger partial charge in [0.05, 0.1) is 5.56 Å². The van der Waals surface area contributed by atoms with E-state index in [1.807, 2.05) is 42.5 Å². The molecule has 0 fully saturated rings. The number of esters is 1. The van der Waals surface area contributed by atoms with Gasteiger partial charge in [-0.1, -0.05) is 43.8 Å². The average molecular weight is 366 g/mol. The quantitative estimate of drug-likeness (QED) is 0.631. The fourth-order valence-electron chi connectivity index (χ4n) is 2.17. The van der Waals surface area contributed by atoms with Crippen LogP contribution >= 0.6 is 24.2 Å². The topological polar surface area (TPSA) is 29.5 Å². The number of nitrogens with zero attached hydrogens (tertiary/aromatic N) is 1. The van der Waals surface area contributed by atoms with Gasteiger partial charge in [-0.25, -0.2) is 4.79 Å². The zero-order valence-corrected chi connectivity index (χ0v) is 15.7. The van der Waals surface area contributed by atoms with Crippen molar-refractivity contribution in [3.8, 4) is 0 Å². The van der Waals surface area contributed by atoms with Crippen molar-refractivity contribution in [2.45, 2.75) is 23.6 Å². The van der Waals surface area contributed by atoms with E-state index in [1.54, 1.807) is 11.8 Å². The SMILES string of the molecule is CCN(CC)CCOC(=O)c1ccc(Sc2ccccc2)cc1.Cl. The van der Waals surface area contributed by atoms with Gasteiger partial charge in [0.1, 0.15) is 6.61 Å². The maximum Gasteiger partial charge on any atom is 0.338 e. The van der Waals surface area contributed by atoms with Gasteiger partial charge in [-0.15, -0.1) is 12.4 Å². The molecule has 2 aromatic carbocycles. The molecule has 0 heterocycles. The second-order valence-corrected chi connectivity index (χ2v) is 6.25. The van der Waals surface area contributed by atoms with Gasteiger partial charge < -0.3 is 9.64 Å². The van der Waals surface area contributed by atoms with E-state index in [2.05, 4.69) is 30.9 Å². The Hall–Kier alpha value is -1.49. The van der Waals surface area contributed by atoms with Gasteiger partial charge in [-0.2, -0.15) is 0 Å². The van der Waals surface area contributed by atoms with Crippen LogP contribution in [-0.2, 0) is 4.74 Å². The lowest BCUT2D eigenvalue weighted by atomic mass is 10.2. The van der Waals surface area contributed by atoms with Crippen molar-refractivity contribution in [1.29, 1.82) is 0 Å². The number of ether oxygens (including phenoxy) is 1. The van der Waals surface area contributed by atoms with Crippen molar-refractivity contribution in [1.82, 2.24) is 4.90 Å². The number of rotatable bonds is 8.